The molecule has 0 spiro atoms. The second-order valence-electron chi connectivity index (χ2n) is 7.71. The number of rotatable bonds is 9. The van der Waals surface area contributed by atoms with Crippen LogP contribution in [0.4, 0.5) is 13.2 Å². The molecule has 4 rings (SSSR count). The lowest BCUT2D eigenvalue weighted by Gasteiger charge is -2.10. The largest absolute Gasteiger partial charge is 0.494 e. The van der Waals surface area contributed by atoms with Crippen molar-refractivity contribution >= 4 is 0 Å². The van der Waals surface area contributed by atoms with Gasteiger partial charge in [0.25, 0.3) is 5.56 Å². The molecule has 3 heterocycles. The molecule has 0 aliphatic heterocycles. The molecule has 0 aliphatic carbocycles. The Labute approximate surface area is 192 Å². The Morgan fingerprint density at radius 3 is 2.53 bits per heavy atom. The number of aryl methyl sites for hydroxylation is 1. The molecule has 0 radical (unpaired) electrons. The molecular weight excluding hydrogens is 451 g/mol. The first kappa shape index (κ1) is 23.2. The van der Waals surface area contributed by atoms with E-state index in [1.165, 1.54) is 0 Å². The Hall–Kier alpha value is -3.96. The van der Waals surface area contributed by atoms with Gasteiger partial charge in [-0.2, -0.15) is 23.5 Å². The summed E-state index contributed by atoms with van der Waals surface area (Å²) < 4.78 is 43.8. The number of hydrogen-bond donors (Lipinski definition) is 2. The fraction of sp³-hybridized carbons (Fsp3) is 0.318. The number of tetrazole rings is 1. The van der Waals surface area contributed by atoms with Crippen molar-refractivity contribution in [2.45, 2.75) is 31.9 Å². The minimum absolute atomic E-state index is 0.0949. The van der Waals surface area contributed by atoms with E-state index in [0.29, 0.717) is 42.1 Å². The first-order valence-electron chi connectivity index (χ1n) is 10.6. The van der Waals surface area contributed by atoms with Crippen molar-refractivity contribution in [3.63, 3.8) is 0 Å². The van der Waals surface area contributed by atoms with Crippen LogP contribution >= 0.6 is 0 Å². The predicted molar refractivity (Wildman–Crippen MR) is 118 cm³/mol. The first-order chi connectivity index (χ1) is 16.3. The van der Waals surface area contributed by atoms with Crippen LogP contribution in [-0.4, -0.2) is 48.2 Å². The van der Waals surface area contributed by atoms with E-state index in [4.69, 9.17) is 4.74 Å². The SMILES string of the molecule is Cn1ccc(-c2cc(-c3ccc(OCCCCCC(F)(F)F)cc3)[nH]c(=O)c2-c2nn[nH]n2)n1. The van der Waals surface area contributed by atoms with Crippen molar-refractivity contribution in [2.75, 3.05) is 6.61 Å². The second-order valence-corrected chi connectivity index (χ2v) is 7.71. The molecular formula is C22H22F3N7O2. The van der Waals surface area contributed by atoms with Crippen LogP contribution in [0.1, 0.15) is 25.7 Å². The zero-order chi connectivity index (χ0) is 24.1. The monoisotopic (exact) mass is 473 g/mol. The molecule has 0 fully saturated rings. The van der Waals surface area contributed by atoms with Crippen LogP contribution < -0.4 is 10.3 Å². The maximum Gasteiger partial charge on any atom is 0.389 e. The average molecular weight is 473 g/mol. The van der Waals surface area contributed by atoms with Gasteiger partial charge in [-0.05, 0) is 66.4 Å². The lowest BCUT2D eigenvalue weighted by molar-refractivity contribution is -0.135. The van der Waals surface area contributed by atoms with Gasteiger partial charge in [0.1, 0.15) is 5.75 Å². The van der Waals surface area contributed by atoms with Crippen LogP contribution in [0.3, 0.4) is 0 Å². The maximum atomic E-state index is 13.0. The molecule has 34 heavy (non-hydrogen) atoms. The van der Waals surface area contributed by atoms with E-state index in [1.54, 1.807) is 54.3 Å². The summed E-state index contributed by atoms with van der Waals surface area (Å²) in [6.45, 7) is 0.331. The summed E-state index contributed by atoms with van der Waals surface area (Å²) in [5, 5.41) is 18.2. The van der Waals surface area contributed by atoms with Crippen molar-refractivity contribution in [2.24, 2.45) is 7.05 Å². The topological polar surface area (TPSA) is 114 Å². The van der Waals surface area contributed by atoms with Crippen molar-refractivity contribution in [1.82, 2.24) is 35.4 Å². The number of benzene rings is 1. The van der Waals surface area contributed by atoms with Gasteiger partial charge in [-0.15, -0.1) is 10.2 Å². The van der Waals surface area contributed by atoms with Crippen LogP contribution in [0, 0.1) is 0 Å². The molecule has 0 atom stereocenters. The number of nitrogens with one attached hydrogen (secondary N) is 2. The number of hydrogen-bond acceptors (Lipinski definition) is 6. The zero-order valence-electron chi connectivity index (χ0n) is 18.3. The van der Waals surface area contributed by atoms with Gasteiger partial charge < -0.3 is 9.72 Å². The Bertz CT molecular complexity index is 1280. The quantitative estimate of drug-likeness (QED) is 0.354. The number of halogens is 3. The molecule has 0 bridgehead atoms. The maximum absolute atomic E-state index is 13.0. The summed E-state index contributed by atoms with van der Waals surface area (Å²) in [7, 11) is 1.78. The van der Waals surface area contributed by atoms with Gasteiger partial charge in [-0.3, -0.25) is 9.48 Å². The molecule has 0 unspecified atom stereocenters. The number of unbranched alkanes of at least 4 members (excludes halogenated alkanes) is 2. The third-order valence-corrected chi connectivity index (χ3v) is 5.13. The third-order valence-electron chi connectivity index (χ3n) is 5.13. The van der Waals surface area contributed by atoms with Gasteiger partial charge in [0.15, 0.2) is 0 Å². The minimum Gasteiger partial charge on any atom is -0.494 e. The number of ether oxygens (including phenoxy) is 1. The average Bonchev–Trinajstić information content (AvgIpc) is 3.47. The van der Waals surface area contributed by atoms with Gasteiger partial charge >= 0.3 is 6.18 Å². The summed E-state index contributed by atoms with van der Waals surface area (Å²) in [6, 6.07) is 10.7. The predicted octanol–water partition coefficient (Wildman–Crippen LogP) is 4.12. The van der Waals surface area contributed by atoms with Crippen LogP contribution in [0.15, 0.2) is 47.4 Å². The highest BCUT2D eigenvalue weighted by Crippen LogP contribution is 2.30. The number of nitrogens with zero attached hydrogens (tertiary/aromatic N) is 5. The molecule has 2 N–H and O–H groups in total. The number of aromatic nitrogens is 7. The molecule has 0 aliphatic rings. The van der Waals surface area contributed by atoms with Crippen LogP contribution in [0.2, 0.25) is 0 Å². The van der Waals surface area contributed by atoms with Crippen LogP contribution in [0.5, 0.6) is 5.75 Å². The van der Waals surface area contributed by atoms with E-state index in [-0.39, 0.29) is 17.8 Å². The summed E-state index contributed by atoms with van der Waals surface area (Å²) in [4.78, 5) is 15.8. The molecule has 0 amide bonds. The molecule has 0 saturated heterocycles. The smallest absolute Gasteiger partial charge is 0.389 e. The van der Waals surface area contributed by atoms with E-state index in [0.717, 1.165) is 5.56 Å². The van der Waals surface area contributed by atoms with Crippen LogP contribution in [0.25, 0.3) is 33.9 Å². The highest BCUT2D eigenvalue weighted by molar-refractivity contribution is 5.81. The Morgan fingerprint density at radius 2 is 1.88 bits per heavy atom. The van der Waals surface area contributed by atoms with E-state index in [1.807, 2.05) is 0 Å². The third kappa shape index (κ3) is 5.69. The highest BCUT2D eigenvalue weighted by atomic mass is 19.4. The van der Waals surface area contributed by atoms with E-state index in [9.17, 15) is 18.0 Å². The summed E-state index contributed by atoms with van der Waals surface area (Å²) in [6.07, 6.45) is -2.04. The Morgan fingerprint density at radius 1 is 1.09 bits per heavy atom. The second kappa shape index (κ2) is 9.89. The molecule has 0 saturated carbocycles. The highest BCUT2D eigenvalue weighted by Gasteiger charge is 2.25. The molecule has 178 valence electrons. The number of aromatic amines is 2. The fourth-order valence-electron chi connectivity index (χ4n) is 3.49. The molecule has 1 aromatic carbocycles. The number of H-pyrrole nitrogens is 2. The van der Waals surface area contributed by atoms with E-state index in [2.05, 4.69) is 30.7 Å². The molecule has 4 aromatic rings. The lowest BCUT2D eigenvalue weighted by atomic mass is 10.0. The molecule has 12 heteroatoms. The standard InChI is InChI=1S/C22H22F3N7O2/c1-32-11-9-17(29-32)16-13-18(26-21(33)19(16)20-27-30-31-28-20)14-5-7-15(8-6-14)34-12-4-2-3-10-22(23,24)25/h5-9,11,13H,2-4,10,12H2,1H3,(H,26,33)(H,27,28,30,31). The lowest BCUT2D eigenvalue weighted by Crippen LogP contribution is -2.13. The van der Waals surface area contributed by atoms with Gasteiger partial charge in [-0.25, -0.2) is 0 Å². The zero-order valence-corrected chi connectivity index (χ0v) is 18.3. The molecule has 3 aromatic heterocycles. The minimum atomic E-state index is -4.11. The van der Waals surface area contributed by atoms with E-state index >= 15 is 0 Å². The Kier molecular flexibility index (Phi) is 6.75. The van der Waals surface area contributed by atoms with Crippen LogP contribution in [-0.2, 0) is 7.05 Å². The van der Waals surface area contributed by atoms with Crippen molar-refractivity contribution < 1.29 is 17.9 Å². The normalized spacial score (nSPS) is 11.6. The number of alkyl halides is 3. The van der Waals surface area contributed by atoms with Gasteiger partial charge in [-0.1, -0.05) is 0 Å². The summed E-state index contributed by atoms with van der Waals surface area (Å²) in [5.41, 5.74) is 2.31. The fourth-order valence-corrected chi connectivity index (χ4v) is 3.49. The first-order valence-corrected chi connectivity index (χ1v) is 10.6. The number of pyridine rings is 1. The van der Waals surface area contributed by atoms with Gasteiger partial charge in [0.05, 0.1) is 17.9 Å². The van der Waals surface area contributed by atoms with Gasteiger partial charge in [0, 0.05) is 30.9 Å². The van der Waals surface area contributed by atoms with Crippen molar-refractivity contribution in [3.05, 3.63) is 52.9 Å². The van der Waals surface area contributed by atoms with E-state index < -0.39 is 18.2 Å². The molecule has 9 nitrogen and oxygen atoms in total. The van der Waals surface area contributed by atoms with Gasteiger partial charge in [0.2, 0.25) is 5.82 Å². The van der Waals surface area contributed by atoms with Crippen molar-refractivity contribution in [1.29, 1.82) is 0 Å². The summed E-state index contributed by atoms with van der Waals surface area (Å²) in [5.74, 6) is 0.753. The summed E-state index contributed by atoms with van der Waals surface area (Å²) >= 11 is 0. The van der Waals surface area contributed by atoms with Crippen molar-refractivity contribution in [3.8, 4) is 39.7 Å². The Balaban J connectivity index is 1.50.